The molecule has 6 heteroatoms. The van der Waals surface area contributed by atoms with E-state index in [0.717, 1.165) is 0 Å². The van der Waals surface area contributed by atoms with E-state index in [4.69, 9.17) is 18.9 Å². The second kappa shape index (κ2) is 7.63. The molecule has 136 valence electrons. The summed E-state index contributed by atoms with van der Waals surface area (Å²) < 4.78 is 21.5. The molecule has 0 amide bonds. The highest BCUT2D eigenvalue weighted by Crippen LogP contribution is 2.47. The normalized spacial score (nSPS) is 12.4. The lowest BCUT2D eigenvalue weighted by molar-refractivity contribution is -0.0423. The van der Waals surface area contributed by atoms with Gasteiger partial charge in [-0.25, -0.2) is 0 Å². The van der Waals surface area contributed by atoms with Gasteiger partial charge in [-0.15, -0.1) is 0 Å². The van der Waals surface area contributed by atoms with Gasteiger partial charge < -0.3 is 29.2 Å². The molecule has 1 atom stereocenters. The molecule has 0 fully saturated rings. The Balaban J connectivity index is 2.82. The zero-order valence-electron chi connectivity index (χ0n) is 15.1. The Bertz CT molecular complexity index is 670. The third-order valence-electron chi connectivity index (χ3n) is 4.23. The first kappa shape index (κ1) is 18.9. The van der Waals surface area contributed by atoms with Crippen LogP contribution in [0.5, 0.6) is 23.0 Å². The van der Waals surface area contributed by atoms with Crippen LogP contribution in [0.2, 0.25) is 0 Å². The summed E-state index contributed by atoms with van der Waals surface area (Å²) in [5, 5.41) is 22.1. The highest BCUT2D eigenvalue weighted by atomic mass is 16.5. The molecule has 0 bridgehead atoms. The lowest BCUT2D eigenvalue weighted by Gasteiger charge is -2.34. The van der Waals surface area contributed by atoms with Crippen molar-refractivity contribution in [3.8, 4) is 23.0 Å². The SMILES string of the molecule is COc1cccc(C(O)(c2cccc(OC)c2OC)C(C)O)c1OC. The molecule has 6 nitrogen and oxygen atoms in total. The topological polar surface area (TPSA) is 77.4 Å². The van der Waals surface area contributed by atoms with E-state index in [1.165, 1.54) is 35.4 Å². The standard InChI is InChI=1S/C19H24O6/c1-12(20)19(21,13-8-6-10-15(22-2)17(13)24-4)14-9-7-11-16(23-3)18(14)25-5/h6-12,20-21H,1-5H3. The minimum absolute atomic E-state index is 0.332. The Morgan fingerprint density at radius 2 is 1.16 bits per heavy atom. The predicted octanol–water partition coefficient (Wildman–Crippen LogP) is 2.34. The van der Waals surface area contributed by atoms with E-state index in [0.29, 0.717) is 34.1 Å². The van der Waals surface area contributed by atoms with E-state index in [1.54, 1.807) is 36.4 Å². The van der Waals surface area contributed by atoms with Gasteiger partial charge in [0.2, 0.25) is 0 Å². The van der Waals surface area contributed by atoms with Gasteiger partial charge in [0.15, 0.2) is 23.0 Å². The summed E-state index contributed by atoms with van der Waals surface area (Å²) in [6.07, 6.45) is -1.17. The molecular formula is C19H24O6. The van der Waals surface area contributed by atoms with Crippen molar-refractivity contribution in [2.45, 2.75) is 18.6 Å². The van der Waals surface area contributed by atoms with Crippen LogP contribution in [0.25, 0.3) is 0 Å². The van der Waals surface area contributed by atoms with E-state index in [2.05, 4.69) is 0 Å². The van der Waals surface area contributed by atoms with Gasteiger partial charge in [0.25, 0.3) is 0 Å². The zero-order valence-corrected chi connectivity index (χ0v) is 15.1. The number of rotatable bonds is 7. The molecular weight excluding hydrogens is 324 g/mol. The molecule has 0 radical (unpaired) electrons. The highest BCUT2D eigenvalue weighted by Gasteiger charge is 2.43. The smallest absolute Gasteiger partial charge is 0.167 e. The van der Waals surface area contributed by atoms with Crippen molar-refractivity contribution in [3.05, 3.63) is 47.5 Å². The van der Waals surface area contributed by atoms with Crippen LogP contribution < -0.4 is 18.9 Å². The fourth-order valence-corrected chi connectivity index (χ4v) is 2.97. The van der Waals surface area contributed by atoms with E-state index >= 15 is 0 Å². The first-order valence-electron chi connectivity index (χ1n) is 7.79. The Morgan fingerprint density at radius 1 is 0.760 bits per heavy atom. The number of aliphatic hydroxyl groups is 2. The molecule has 0 aliphatic rings. The number of ether oxygens (including phenoxy) is 4. The summed E-state index contributed by atoms with van der Waals surface area (Å²) in [5.41, 5.74) is -1.09. The predicted molar refractivity (Wildman–Crippen MR) is 93.8 cm³/mol. The Morgan fingerprint density at radius 3 is 1.44 bits per heavy atom. The molecule has 0 aromatic heterocycles. The van der Waals surface area contributed by atoms with Gasteiger partial charge in [0.1, 0.15) is 5.60 Å². The summed E-state index contributed by atoms with van der Waals surface area (Å²) in [7, 11) is 5.98. The Labute approximate surface area is 147 Å². The lowest BCUT2D eigenvalue weighted by atomic mass is 9.81. The van der Waals surface area contributed by atoms with E-state index in [-0.39, 0.29) is 0 Å². The number of benzene rings is 2. The molecule has 25 heavy (non-hydrogen) atoms. The van der Waals surface area contributed by atoms with Crippen LogP contribution in [0.3, 0.4) is 0 Å². The minimum Gasteiger partial charge on any atom is -0.493 e. The summed E-state index contributed by atoms with van der Waals surface area (Å²) >= 11 is 0. The van der Waals surface area contributed by atoms with Crippen LogP contribution in [-0.2, 0) is 5.60 Å². The minimum atomic E-state index is -1.81. The quantitative estimate of drug-likeness (QED) is 0.800. The van der Waals surface area contributed by atoms with Gasteiger partial charge in [0, 0.05) is 11.1 Å². The van der Waals surface area contributed by atoms with Gasteiger partial charge in [-0.1, -0.05) is 24.3 Å². The largest absolute Gasteiger partial charge is 0.493 e. The molecule has 0 aliphatic carbocycles. The van der Waals surface area contributed by atoms with E-state index < -0.39 is 11.7 Å². The van der Waals surface area contributed by atoms with Crippen LogP contribution in [0.15, 0.2) is 36.4 Å². The van der Waals surface area contributed by atoms with Gasteiger partial charge in [-0.05, 0) is 19.1 Å². The van der Waals surface area contributed by atoms with Crippen molar-refractivity contribution in [2.24, 2.45) is 0 Å². The maximum Gasteiger partial charge on any atom is 0.167 e. The fraction of sp³-hybridized carbons (Fsp3) is 0.368. The molecule has 0 spiro atoms. The molecule has 0 aliphatic heterocycles. The van der Waals surface area contributed by atoms with Crippen molar-refractivity contribution in [1.82, 2.24) is 0 Å². The third kappa shape index (κ3) is 3.10. The van der Waals surface area contributed by atoms with Crippen LogP contribution in [0.1, 0.15) is 18.1 Å². The van der Waals surface area contributed by atoms with Gasteiger partial charge in [0.05, 0.1) is 34.5 Å². The molecule has 0 heterocycles. The average molecular weight is 348 g/mol. The number of hydrogen-bond donors (Lipinski definition) is 2. The number of para-hydroxylation sites is 2. The number of hydrogen-bond acceptors (Lipinski definition) is 6. The Kier molecular flexibility index (Phi) is 5.77. The molecule has 2 aromatic rings. The van der Waals surface area contributed by atoms with Crippen LogP contribution >= 0.6 is 0 Å². The van der Waals surface area contributed by atoms with Crippen molar-refractivity contribution in [1.29, 1.82) is 0 Å². The maximum atomic E-state index is 11.6. The monoisotopic (exact) mass is 348 g/mol. The molecule has 0 saturated heterocycles. The molecule has 1 unspecified atom stereocenters. The Hall–Kier alpha value is -2.44. The second-order valence-electron chi connectivity index (χ2n) is 5.52. The van der Waals surface area contributed by atoms with E-state index in [9.17, 15) is 10.2 Å². The first-order valence-corrected chi connectivity index (χ1v) is 7.79. The van der Waals surface area contributed by atoms with Crippen molar-refractivity contribution in [3.63, 3.8) is 0 Å². The summed E-state index contributed by atoms with van der Waals surface area (Å²) in [6.45, 7) is 1.50. The van der Waals surface area contributed by atoms with Gasteiger partial charge >= 0.3 is 0 Å². The first-order chi connectivity index (χ1) is 11.9. The lowest BCUT2D eigenvalue weighted by Crippen LogP contribution is -2.39. The fourth-order valence-electron chi connectivity index (χ4n) is 2.97. The molecule has 0 saturated carbocycles. The summed E-state index contributed by atoms with van der Waals surface area (Å²) in [5.74, 6) is 1.55. The zero-order chi connectivity index (χ0) is 18.6. The van der Waals surface area contributed by atoms with Gasteiger partial charge in [-0.3, -0.25) is 0 Å². The van der Waals surface area contributed by atoms with Crippen molar-refractivity contribution >= 4 is 0 Å². The van der Waals surface area contributed by atoms with Crippen LogP contribution in [0, 0.1) is 0 Å². The second-order valence-corrected chi connectivity index (χ2v) is 5.52. The molecule has 2 aromatic carbocycles. The third-order valence-corrected chi connectivity index (χ3v) is 4.23. The van der Waals surface area contributed by atoms with Crippen LogP contribution in [0.4, 0.5) is 0 Å². The van der Waals surface area contributed by atoms with Gasteiger partial charge in [-0.2, -0.15) is 0 Å². The highest BCUT2D eigenvalue weighted by molar-refractivity contribution is 5.58. The average Bonchev–Trinajstić information content (AvgIpc) is 2.65. The van der Waals surface area contributed by atoms with E-state index in [1.807, 2.05) is 0 Å². The van der Waals surface area contributed by atoms with Crippen LogP contribution in [-0.4, -0.2) is 44.8 Å². The number of aliphatic hydroxyl groups excluding tert-OH is 1. The summed E-state index contributed by atoms with van der Waals surface area (Å²) in [4.78, 5) is 0. The van der Waals surface area contributed by atoms with Crippen molar-refractivity contribution < 1.29 is 29.2 Å². The summed E-state index contributed by atoms with van der Waals surface area (Å²) in [6, 6.07) is 10.2. The maximum absolute atomic E-state index is 11.6. The molecule has 2 N–H and O–H groups in total. The van der Waals surface area contributed by atoms with Crippen molar-refractivity contribution in [2.75, 3.05) is 28.4 Å². The number of methoxy groups -OCH3 is 4. The molecule has 2 rings (SSSR count).